The van der Waals surface area contributed by atoms with Crippen LogP contribution >= 0.6 is 15.9 Å². The van der Waals surface area contributed by atoms with Gasteiger partial charge >= 0.3 is 6.18 Å². The monoisotopic (exact) mass is 324 g/mol. The highest BCUT2D eigenvalue weighted by Crippen LogP contribution is 2.33. The molecule has 0 amide bonds. The fraction of sp³-hybridized carbons (Fsp3) is 0.500. The van der Waals surface area contributed by atoms with Crippen LogP contribution in [-0.4, -0.2) is 19.1 Å². The Hall–Kier alpha value is -0.750. The lowest BCUT2D eigenvalue weighted by Crippen LogP contribution is -2.28. The third-order valence-electron chi connectivity index (χ3n) is 2.29. The highest BCUT2D eigenvalue weighted by molar-refractivity contribution is 9.10. The topological polar surface area (TPSA) is 24.1 Å². The van der Waals surface area contributed by atoms with E-state index in [0.29, 0.717) is 22.7 Å². The molecule has 0 radical (unpaired) electrons. The van der Waals surface area contributed by atoms with Crippen LogP contribution in [0, 0.1) is 0 Å². The van der Waals surface area contributed by atoms with E-state index in [0.717, 1.165) is 18.7 Å². The molecule has 0 aromatic heterocycles. The average molecular weight is 325 g/mol. The number of halogens is 4. The van der Waals surface area contributed by atoms with Crippen LogP contribution in [0.2, 0.25) is 0 Å². The number of alkyl halides is 3. The zero-order chi connectivity index (χ0) is 13.8. The summed E-state index contributed by atoms with van der Waals surface area (Å²) >= 11 is 3.14. The maximum Gasteiger partial charge on any atom is 0.416 e. The molecule has 102 valence electrons. The van der Waals surface area contributed by atoms with Gasteiger partial charge in [-0.05, 0) is 34.1 Å². The first-order valence-electron chi connectivity index (χ1n) is 5.64. The van der Waals surface area contributed by atoms with Crippen molar-refractivity contribution in [3.63, 3.8) is 0 Å². The molecule has 1 aromatic carbocycles. The van der Waals surface area contributed by atoms with Gasteiger partial charge in [-0.1, -0.05) is 13.8 Å². The molecule has 0 saturated heterocycles. The van der Waals surface area contributed by atoms with Crippen LogP contribution in [0.1, 0.15) is 19.4 Å². The number of rotatable bonds is 5. The van der Waals surface area contributed by atoms with Crippen LogP contribution < -0.4 is 10.6 Å². The minimum absolute atomic E-state index is 0.392. The predicted octanol–water partition coefficient (Wildman–Crippen LogP) is 3.88. The first-order chi connectivity index (χ1) is 8.30. The van der Waals surface area contributed by atoms with Crippen LogP contribution in [0.4, 0.5) is 18.9 Å². The van der Waals surface area contributed by atoms with Crippen LogP contribution in [0.5, 0.6) is 0 Å². The maximum absolute atomic E-state index is 12.4. The molecule has 0 bridgehead atoms. The first kappa shape index (κ1) is 15.3. The lowest BCUT2D eigenvalue weighted by Gasteiger charge is -2.13. The first-order valence-corrected chi connectivity index (χ1v) is 6.44. The van der Waals surface area contributed by atoms with Gasteiger partial charge in [0.15, 0.2) is 0 Å². The summed E-state index contributed by atoms with van der Waals surface area (Å²) < 4.78 is 37.7. The largest absolute Gasteiger partial charge is 0.416 e. The SMILES string of the molecule is CC(C)NCCNc1ccc(C(F)(F)F)cc1Br. The molecule has 0 aliphatic rings. The Morgan fingerprint density at radius 3 is 2.39 bits per heavy atom. The summed E-state index contributed by atoms with van der Waals surface area (Å²) in [6.45, 7) is 5.48. The van der Waals surface area contributed by atoms with E-state index in [9.17, 15) is 13.2 Å². The molecule has 2 nitrogen and oxygen atoms in total. The average Bonchev–Trinajstić information content (AvgIpc) is 2.24. The number of benzene rings is 1. The lowest BCUT2D eigenvalue weighted by atomic mass is 10.2. The number of nitrogens with one attached hydrogen (secondary N) is 2. The predicted molar refractivity (Wildman–Crippen MR) is 70.8 cm³/mol. The summed E-state index contributed by atoms with van der Waals surface area (Å²) in [4.78, 5) is 0. The van der Waals surface area contributed by atoms with Gasteiger partial charge in [0.05, 0.1) is 5.56 Å². The van der Waals surface area contributed by atoms with Crippen molar-refractivity contribution in [1.82, 2.24) is 5.32 Å². The second-order valence-corrected chi connectivity index (χ2v) is 5.08. The molecule has 0 unspecified atom stereocenters. The van der Waals surface area contributed by atoms with Crippen molar-refractivity contribution >= 4 is 21.6 Å². The Kier molecular flexibility index (Phi) is 5.47. The lowest BCUT2D eigenvalue weighted by molar-refractivity contribution is -0.137. The highest BCUT2D eigenvalue weighted by Gasteiger charge is 2.30. The molecule has 0 aliphatic heterocycles. The zero-order valence-corrected chi connectivity index (χ0v) is 11.8. The van der Waals surface area contributed by atoms with Gasteiger partial charge in [0, 0.05) is 29.3 Å². The maximum atomic E-state index is 12.4. The van der Waals surface area contributed by atoms with Crippen LogP contribution in [0.3, 0.4) is 0 Å². The van der Waals surface area contributed by atoms with E-state index in [1.54, 1.807) is 0 Å². The van der Waals surface area contributed by atoms with E-state index in [2.05, 4.69) is 26.6 Å². The molecule has 0 atom stereocenters. The van der Waals surface area contributed by atoms with Crippen LogP contribution in [0.25, 0.3) is 0 Å². The van der Waals surface area contributed by atoms with Gasteiger partial charge in [0.2, 0.25) is 0 Å². The van der Waals surface area contributed by atoms with Crippen molar-refractivity contribution < 1.29 is 13.2 Å². The Labute approximate surface area is 113 Å². The molecule has 6 heteroatoms. The fourth-order valence-electron chi connectivity index (χ4n) is 1.39. The molecule has 1 aromatic rings. The standard InChI is InChI=1S/C12H16BrF3N2/c1-8(2)17-5-6-18-11-4-3-9(7-10(11)13)12(14,15)16/h3-4,7-8,17-18H,5-6H2,1-2H3. The van der Waals surface area contributed by atoms with E-state index in [-0.39, 0.29) is 0 Å². The molecule has 0 spiro atoms. The van der Waals surface area contributed by atoms with Gasteiger partial charge in [0.1, 0.15) is 0 Å². The Balaban J connectivity index is 2.58. The third-order valence-corrected chi connectivity index (χ3v) is 2.95. The van der Waals surface area contributed by atoms with Crippen molar-refractivity contribution in [3.8, 4) is 0 Å². The molecule has 0 aliphatic carbocycles. The van der Waals surface area contributed by atoms with E-state index in [1.807, 2.05) is 13.8 Å². The molecular weight excluding hydrogens is 309 g/mol. The second-order valence-electron chi connectivity index (χ2n) is 4.23. The van der Waals surface area contributed by atoms with E-state index in [4.69, 9.17) is 0 Å². The van der Waals surface area contributed by atoms with Gasteiger partial charge < -0.3 is 10.6 Å². The second kappa shape index (κ2) is 6.43. The summed E-state index contributed by atoms with van der Waals surface area (Å²) in [5.74, 6) is 0. The molecular formula is C12H16BrF3N2. The number of hydrogen-bond acceptors (Lipinski definition) is 2. The summed E-state index contributed by atoms with van der Waals surface area (Å²) in [5, 5.41) is 6.28. The molecule has 0 saturated carbocycles. The number of hydrogen-bond donors (Lipinski definition) is 2. The normalized spacial score (nSPS) is 11.9. The van der Waals surface area contributed by atoms with Gasteiger partial charge in [-0.3, -0.25) is 0 Å². The minimum Gasteiger partial charge on any atom is -0.383 e. The quantitative estimate of drug-likeness (QED) is 0.803. The van der Waals surface area contributed by atoms with E-state index in [1.165, 1.54) is 6.07 Å². The van der Waals surface area contributed by atoms with Crippen LogP contribution in [0.15, 0.2) is 22.7 Å². The molecule has 1 rings (SSSR count). The molecule has 0 fully saturated rings. The van der Waals surface area contributed by atoms with Gasteiger partial charge in [-0.2, -0.15) is 13.2 Å². The smallest absolute Gasteiger partial charge is 0.383 e. The fourth-order valence-corrected chi connectivity index (χ4v) is 1.91. The summed E-state index contributed by atoms with van der Waals surface area (Å²) in [6, 6.07) is 3.98. The van der Waals surface area contributed by atoms with Crippen molar-refractivity contribution in [2.75, 3.05) is 18.4 Å². The molecule has 18 heavy (non-hydrogen) atoms. The zero-order valence-electron chi connectivity index (χ0n) is 10.2. The van der Waals surface area contributed by atoms with Crippen molar-refractivity contribution in [2.24, 2.45) is 0 Å². The van der Waals surface area contributed by atoms with Crippen LogP contribution in [-0.2, 0) is 6.18 Å². The Morgan fingerprint density at radius 2 is 1.89 bits per heavy atom. The highest BCUT2D eigenvalue weighted by atomic mass is 79.9. The molecule has 0 heterocycles. The van der Waals surface area contributed by atoms with Gasteiger partial charge in [-0.15, -0.1) is 0 Å². The summed E-state index contributed by atoms with van der Waals surface area (Å²) in [6.07, 6.45) is -4.31. The summed E-state index contributed by atoms with van der Waals surface area (Å²) in [7, 11) is 0. The van der Waals surface area contributed by atoms with Gasteiger partial charge in [0.25, 0.3) is 0 Å². The van der Waals surface area contributed by atoms with Crippen molar-refractivity contribution in [2.45, 2.75) is 26.1 Å². The Morgan fingerprint density at radius 1 is 1.22 bits per heavy atom. The Bertz CT molecular complexity index is 391. The van der Waals surface area contributed by atoms with Crippen molar-refractivity contribution in [1.29, 1.82) is 0 Å². The number of anilines is 1. The van der Waals surface area contributed by atoms with Crippen molar-refractivity contribution in [3.05, 3.63) is 28.2 Å². The van der Waals surface area contributed by atoms with E-state index < -0.39 is 11.7 Å². The molecule has 2 N–H and O–H groups in total. The van der Waals surface area contributed by atoms with Gasteiger partial charge in [-0.25, -0.2) is 0 Å². The van der Waals surface area contributed by atoms with E-state index >= 15 is 0 Å². The minimum atomic E-state index is -4.31. The summed E-state index contributed by atoms with van der Waals surface area (Å²) in [5.41, 5.74) is 0.00814. The third kappa shape index (κ3) is 4.86.